The van der Waals surface area contributed by atoms with Crippen molar-refractivity contribution in [3.63, 3.8) is 0 Å². The molecule has 4 saturated carbocycles. The second kappa shape index (κ2) is 4.89. The molecule has 8 atom stereocenters. The van der Waals surface area contributed by atoms with Crippen molar-refractivity contribution in [1.82, 2.24) is 0 Å². The Balaban J connectivity index is 1.66. The van der Waals surface area contributed by atoms with Crippen LogP contribution in [0.25, 0.3) is 0 Å². The third-order valence-electron chi connectivity index (χ3n) is 8.68. The largest absolute Gasteiger partial charge is 0.461 e. The van der Waals surface area contributed by atoms with Crippen LogP contribution in [0.2, 0.25) is 0 Å². The van der Waals surface area contributed by atoms with Crippen LogP contribution in [-0.4, -0.2) is 41.1 Å². The van der Waals surface area contributed by atoms with E-state index in [4.69, 9.17) is 9.47 Å². The molecule has 1 N–H and O–H groups in total. The van der Waals surface area contributed by atoms with Crippen molar-refractivity contribution in [1.29, 1.82) is 0 Å². The Bertz CT molecular complexity index is 717. The molecule has 4 bridgehead atoms. The van der Waals surface area contributed by atoms with Gasteiger partial charge in [-0.2, -0.15) is 0 Å². The molecule has 5 rings (SSSR count). The van der Waals surface area contributed by atoms with Crippen molar-refractivity contribution in [3.05, 3.63) is 0 Å². The summed E-state index contributed by atoms with van der Waals surface area (Å²) >= 11 is 0. The number of fused-ring (bicyclic) bond motifs is 1. The van der Waals surface area contributed by atoms with Crippen LogP contribution in [-0.2, 0) is 23.9 Å². The molecule has 0 radical (unpaired) electrons. The van der Waals surface area contributed by atoms with Crippen LogP contribution in [0.15, 0.2) is 0 Å². The molecule has 0 aromatic rings. The lowest BCUT2D eigenvalue weighted by Gasteiger charge is -2.45. The number of rotatable bonds is 2. The molecule has 1 heterocycles. The Hall–Kier alpha value is -1.43. The number of ketones is 1. The Kier molecular flexibility index (Phi) is 3.14. The van der Waals surface area contributed by atoms with Gasteiger partial charge in [0, 0.05) is 37.7 Å². The Morgan fingerprint density at radius 2 is 2.08 bits per heavy atom. The molecular formula is C20H26O6. The first-order valence-corrected chi connectivity index (χ1v) is 9.84. The monoisotopic (exact) mass is 362 g/mol. The second-order valence-corrected chi connectivity index (χ2v) is 9.44. The molecule has 1 unspecified atom stereocenters. The number of ether oxygens (including phenoxy) is 2. The van der Waals surface area contributed by atoms with Gasteiger partial charge in [0.1, 0.15) is 22.9 Å². The maximum absolute atomic E-state index is 13.0. The summed E-state index contributed by atoms with van der Waals surface area (Å²) in [5.41, 5.74) is -1.80. The topological polar surface area (TPSA) is 89.9 Å². The summed E-state index contributed by atoms with van der Waals surface area (Å²) in [4.78, 5) is 37.2. The first-order chi connectivity index (χ1) is 12.3. The van der Waals surface area contributed by atoms with Crippen molar-refractivity contribution >= 4 is 17.7 Å². The predicted molar refractivity (Wildman–Crippen MR) is 88.7 cm³/mol. The molecule has 5 aliphatic rings. The van der Waals surface area contributed by atoms with Crippen molar-refractivity contribution in [3.8, 4) is 0 Å². The first-order valence-electron chi connectivity index (χ1n) is 9.84. The zero-order valence-corrected chi connectivity index (χ0v) is 15.3. The molecule has 142 valence electrons. The molecule has 4 aliphatic carbocycles. The number of Topliss-reactive ketones (excluding diaryl/α,β-unsaturated/α-hetero) is 1. The van der Waals surface area contributed by atoms with Gasteiger partial charge in [0.25, 0.3) is 0 Å². The highest BCUT2D eigenvalue weighted by Gasteiger charge is 2.82. The van der Waals surface area contributed by atoms with Gasteiger partial charge in [0.2, 0.25) is 0 Å². The Morgan fingerprint density at radius 1 is 1.31 bits per heavy atom. The summed E-state index contributed by atoms with van der Waals surface area (Å²) in [5.74, 6) is -0.506. The molecule has 0 aromatic heterocycles. The maximum Gasteiger partial charge on any atom is 0.316 e. The SMILES string of the molecule is CC(=O)O[C@H]1CC[C@]23OC(=O)[C@@]1(C)[C@H]2C(CO)[C@]12CC(=O)[C@H](CC[C@H]13)C2. The number of carbonyl (C=O) groups is 3. The number of hydrogen-bond donors (Lipinski definition) is 1. The molecule has 26 heavy (non-hydrogen) atoms. The van der Waals surface area contributed by atoms with E-state index in [1.54, 1.807) is 0 Å². The zero-order valence-electron chi connectivity index (χ0n) is 15.3. The van der Waals surface area contributed by atoms with E-state index in [1.165, 1.54) is 6.92 Å². The summed E-state index contributed by atoms with van der Waals surface area (Å²) < 4.78 is 11.7. The molecule has 0 amide bonds. The lowest BCUT2D eigenvalue weighted by molar-refractivity contribution is -0.166. The number of aliphatic hydroxyl groups is 1. The first kappa shape index (κ1) is 16.7. The van der Waals surface area contributed by atoms with Crippen molar-refractivity contribution in [2.45, 2.75) is 64.1 Å². The lowest BCUT2D eigenvalue weighted by atomic mass is 9.59. The van der Waals surface area contributed by atoms with Crippen molar-refractivity contribution in [2.75, 3.05) is 6.61 Å². The van der Waals surface area contributed by atoms with E-state index >= 15 is 0 Å². The van der Waals surface area contributed by atoms with Crippen molar-refractivity contribution < 1.29 is 29.0 Å². The fourth-order valence-corrected chi connectivity index (χ4v) is 7.97. The van der Waals surface area contributed by atoms with E-state index < -0.39 is 23.1 Å². The molecule has 1 saturated heterocycles. The molecular weight excluding hydrogens is 336 g/mol. The van der Waals surface area contributed by atoms with Gasteiger partial charge in [-0.25, -0.2) is 0 Å². The van der Waals surface area contributed by atoms with Gasteiger partial charge in [-0.05, 0) is 50.4 Å². The molecule has 1 aliphatic heterocycles. The minimum atomic E-state index is -0.940. The van der Waals surface area contributed by atoms with Crippen LogP contribution in [0.4, 0.5) is 0 Å². The molecule has 1 spiro atoms. The molecule has 6 nitrogen and oxygen atoms in total. The van der Waals surface area contributed by atoms with E-state index in [0.29, 0.717) is 25.0 Å². The number of aliphatic hydroxyl groups excluding tert-OH is 1. The van der Waals surface area contributed by atoms with Gasteiger partial charge >= 0.3 is 11.9 Å². The van der Waals surface area contributed by atoms with Crippen LogP contribution in [0.5, 0.6) is 0 Å². The smallest absolute Gasteiger partial charge is 0.316 e. The average molecular weight is 362 g/mol. The third kappa shape index (κ3) is 1.62. The summed E-state index contributed by atoms with van der Waals surface area (Å²) in [6, 6.07) is 0. The fourth-order valence-electron chi connectivity index (χ4n) is 7.97. The van der Waals surface area contributed by atoms with E-state index in [-0.39, 0.29) is 41.7 Å². The van der Waals surface area contributed by atoms with Crippen LogP contribution < -0.4 is 0 Å². The summed E-state index contributed by atoms with van der Waals surface area (Å²) in [6.07, 6.45) is 3.78. The Morgan fingerprint density at radius 3 is 2.77 bits per heavy atom. The molecule has 6 heteroatoms. The highest BCUT2D eigenvalue weighted by Crippen LogP contribution is 2.76. The van der Waals surface area contributed by atoms with Crippen LogP contribution in [0, 0.1) is 34.5 Å². The Labute approximate surface area is 152 Å². The van der Waals surface area contributed by atoms with Gasteiger partial charge in [-0.3, -0.25) is 14.4 Å². The van der Waals surface area contributed by atoms with Gasteiger partial charge in [0.15, 0.2) is 0 Å². The standard InChI is InChI=1S/C20H26O6/c1-10(22)25-15-5-6-20-14-4-3-11-7-19(14,8-13(11)23)12(9-21)16(20)18(15,2)17(24)26-20/h11-12,14-16,21H,3-9H2,1-2H3/t11-,12?,14-,15+,16-,18-,19+,20-/m1/s1. The van der Waals surface area contributed by atoms with E-state index in [2.05, 4.69) is 0 Å². The van der Waals surface area contributed by atoms with Gasteiger partial charge in [-0.15, -0.1) is 0 Å². The van der Waals surface area contributed by atoms with E-state index in [1.807, 2.05) is 6.92 Å². The fraction of sp³-hybridized carbons (Fsp3) is 0.850. The van der Waals surface area contributed by atoms with E-state index in [0.717, 1.165) is 19.3 Å². The normalized spacial score (nSPS) is 53.9. The van der Waals surface area contributed by atoms with Crippen LogP contribution in [0.3, 0.4) is 0 Å². The quantitative estimate of drug-likeness (QED) is 0.751. The summed E-state index contributed by atoms with van der Waals surface area (Å²) in [7, 11) is 0. The second-order valence-electron chi connectivity index (χ2n) is 9.44. The third-order valence-corrected chi connectivity index (χ3v) is 8.68. The molecule has 0 aromatic carbocycles. The van der Waals surface area contributed by atoms with Gasteiger partial charge in [0.05, 0.1) is 0 Å². The van der Waals surface area contributed by atoms with Crippen molar-refractivity contribution in [2.24, 2.45) is 34.5 Å². The number of hydrogen-bond acceptors (Lipinski definition) is 6. The average Bonchev–Trinajstić information content (AvgIpc) is 3.04. The predicted octanol–water partition coefficient (Wildman–Crippen LogP) is 1.63. The van der Waals surface area contributed by atoms with Gasteiger partial charge in [-0.1, -0.05) is 0 Å². The maximum atomic E-state index is 13.0. The summed E-state index contributed by atoms with van der Waals surface area (Å²) in [5, 5.41) is 10.4. The molecule has 5 fully saturated rings. The lowest BCUT2D eigenvalue weighted by Crippen LogP contribution is -2.53. The minimum absolute atomic E-state index is 0.0536. The van der Waals surface area contributed by atoms with Crippen LogP contribution >= 0.6 is 0 Å². The van der Waals surface area contributed by atoms with Crippen LogP contribution in [0.1, 0.15) is 52.4 Å². The minimum Gasteiger partial charge on any atom is -0.461 e. The zero-order chi connectivity index (χ0) is 18.5. The summed E-state index contributed by atoms with van der Waals surface area (Å²) in [6.45, 7) is 3.16. The highest BCUT2D eigenvalue weighted by atomic mass is 16.6. The van der Waals surface area contributed by atoms with Gasteiger partial charge < -0.3 is 14.6 Å². The number of carbonyl (C=O) groups excluding carboxylic acids is 3. The highest BCUT2D eigenvalue weighted by molar-refractivity contribution is 5.86. The van der Waals surface area contributed by atoms with E-state index in [9.17, 15) is 19.5 Å². The number of esters is 2.